The zero-order valence-electron chi connectivity index (χ0n) is 15.4. The van der Waals surface area contributed by atoms with Crippen LogP contribution < -0.4 is 10.1 Å². The summed E-state index contributed by atoms with van der Waals surface area (Å²) < 4.78 is 6.13. The van der Waals surface area contributed by atoms with Crippen LogP contribution in [-0.2, 0) is 0 Å². The molecule has 1 aromatic carbocycles. The van der Waals surface area contributed by atoms with E-state index in [9.17, 15) is 0 Å². The van der Waals surface area contributed by atoms with E-state index in [-0.39, 0.29) is 5.60 Å². The third kappa shape index (κ3) is 2.83. The lowest BCUT2D eigenvalue weighted by Crippen LogP contribution is -2.32. The van der Waals surface area contributed by atoms with Crippen LogP contribution in [0.1, 0.15) is 38.8 Å². The maximum Gasteiger partial charge on any atom is 0.127 e. The normalized spacial score (nSPS) is 24.2. The van der Waals surface area contributed by atoms with Gasteiger partial charge in [0.1, 0.15) is 29.5 Å². The van der Waals surface area contributed by atoms with E-state index in [0.29, 0.717) is 6.67 Å². The van der Waals surface area contributed by atoms with Crippen molar-refractivity contribution in [2.75, 3.05) is 19.8 Å². The molecule has 26 heavy (non-hydrogen) atoms. The van der Waals surface area contributed by atoms with Crippen molar-refractivity contribution in [1.82, 2.24) is 20.4 Å². The quantitative estimate of drug-likeness (QED) is 0.892. The van der Waals surface area contributed by atoms with Crippen molar-refractivity contribution in [3.63, 3.8) is 0 Å². The van der Waals surface area contributed by atoms with Crippen LogP contribution in [0.25, 0.3) is 16.6 Å². The summed E-state index contributed by atoms with van der Waals surface area (Å²) in [7, 11) is 0. The molecule has 1 saturated carbocycles. The second-order valence-corrected chi connectivity index (χ2v) is 8.08. The molecule has 1 atom stereocenters. The molecule has 2 aromatic rings. The number of amidine groups is 1. The van der Waals surface area contributed by atoms with Crippen LogP contribution in [0.5, 0.6) is 5.75 Å². The van der Waals surface area contributed by atoms with Crippen molar-refractivity contribution >= 4 is 22.4 Å². The Morgan fingerprint density at radius 3 is 2.96 bits per heavy atom. The number of aliphatic imine (C=N–C) groups is 1. The first-order valence-corrected chi connectivity index (χ1v) is 9.52. The van der Waals surface area contributed by atoms with E-state index in [0.717, 1.165) is 65.7 Å². The molecule has 0 unspecified atom stereocenters. The summed E-state index contributed by atoms with van der Waals surface area (Å²) in [5.41, 5.74) is 3.00. The first-order valence-electron chi connectivity index (χ1n) is 9.52. The molecular formula is C20H25N5O. The number of H-pyrrole nitrogens is 1. The zero-order chi connectivity index (χ0) is 17.7. The Hall–Kier alpha value is -2.50. The molecule has 6 heteroatoms. The number of hydrogen-bond acceptors (Lipinski definition) is 5. The fourth-order valence-corrected chi connectivity index (χ4v) is 3.74. The molecule has 1 aromatic heterocycles. The molecule has 5 rings (SSSR count). The van der Waals surface area contributed by atoms with Gasteiger partial charge in [0.25, 0.3) is 0 Å². The molecular weight excluding hydrogens is 326 g/mol. The van der Waals surface area contributed by atoms with Gasteiger partial charge in [-0.15, -0.1) is 0 Å². The average Bonchev–Trinajstić information content (AvgIpc) is 3.05. The Morgan fingerprint density at radius 1 is 1.31 bits per heavy atom. The van der Waals surface area contributed by atoms with Crippen molar-refractivity contribution in [3.8, 4) is 5.75 Å². The number of aromatic amines is 1. The van der Waals surface area contributed by atoms with Crippen LogP contribution in [-0.4, -0.2) is 46.3 Å². The fraction of sp³-hybridized carbons (Fsp3) is 0.500. The Kier molecular flexibility index (Phi) is 3.48. The van der Waals surface area contributed by atoms with Gasteiger partial charge in [0, 0.05) is 24.6 Å². The number of hydrogen-bond donors (Lipinski definition) is 2. The van der Waals surface area contributed by atoms with Crippen LogP contribution in [0.3, 0.4) is 0 Å². The smallest absolute Gasteiger partial charge is 0.127 e. The van der Waals surface area contributed by atoms with E-state index in [1.54, 1.807) is 0 Å². The van der Waals surface area contributed by atoms with Gasteiger partial charge in [0.15, 0.2) is 0 Å². The third-order valence-electron chi connectivity index (χ3n) is 5.64. The SMILES string of the molecule is C[C@H]1CCN(C2=NCNC(c3n[nH]c4ccc(OC5(C)CC5)cc34)=C2)C1. The third-order valence-corrected chi connectivity index (χ3v) is 5.64. The second kappa shape index (κ2) is 5.76. The molecule has 0 radical (unpaired) electrons. The topological polar surface area (TPSA) is 65.5 Å². The number of nitrogens with one attached hydrogen (secondary N) is 2. The molecule has 2 N–H and O–H groups in total. The molecule has 136 valence electrons. The summed E-state index contributed by atoms with van der Waals surface area (Å²) in [6, 6.07) is 6.17. The van der Waals surface area contributed by atoms with Crippen molar-refractivity contribution in [2.24, 2.45) is 10.9 Å². The molecule has 3 heterocycles. The number of fused-ring (bicyclic) bond motifs is 1. The van der Waals surface area contributed by atoms with Gasteiger partial charge in [-0.05, 0) is 50.3 Å². The minimum atomic E-state index is 0.0200. The summed E-state index contributed by atoms with van der Waals surface area (Å²) in [5.74, 6) is 2.72. The highest BCUT2D eigenvalue weighted by atomic mass is 16.5. The van der Waals surface area contributed by atoms with Crippen LogP contribution >= 0.6 is 0 Å². The summed E-state index contributed by atoms with van der Waals surface area (Å²) in [6.07, 6.45) is 5.63. The molecule has 0 amide bonds. The number of benzene rings is 1. The van der Waals surface area contributed by atoms with Crippen molar-refractivity contribution in [1.29, 1.82) is 0 Å². The summed E-state index contributed by atoms with van der Waals surface area (Å²) in [6.45, 7) is 7.23. The zero-order valence-corrected chi connectivity index (χ0v) is 15.4. The van der Waals surface area contributed by atoms with Crippen molar-refractivity contribution < 1.29 is 4.74 Å². The van der Waals surface area contributed by atoms with Crippen molar-refractivity contribution in [3.05, 3.63) is 30.0 Å². The number of rotatable bonds is 3. The predicted octanol–water partition coefficient (Wildman–Crippen LogP) is 3.14. The van der Waals surface area contributed by atoms with E-state index in [1.807, 2.05) is 12.1 Å². The lowest BCUT2D eigenvalue weighted by molar-refractivity contribution is 0.200. The van der Waals surface area contributed by atoms with Crippen LogP contribution in [0.2, 0.25) is 0 Å². The highest BCUT2D eigenvalue weighted by molar-refractivity contribution is 6.03. The van der Waals surface area contributed by atoms with Crippen LogP contribution in [0, 0.1) is 5.92 Å². The average molecular weight is 351 g/mol. The molecule has 1 aliphatic carbocycles. The van der Waals surface area contributed by atoms with E-state index >= 15 is 0 Å². The molecule has 6 nitrogen and oxygen atoms in total. The Bertz CT molecular complexity index is 908. The maximum atomic E-state index is 6.13. The van der Waals surface area contributed by atoms with Gasteiger partial charge in [-0.1, -0.05) is 6.92 Å². The fourth-order valence-electron chi connectivity index (χ4n) is 3.74. The summed E-state index contributed by atoms with van der Waals surface area (Å²) in [5, 5.41) is 12.2. The molecule has 1 saturated heterocycles. The number of ether oxygens (including phenoxy) is 1. The first-order chi connectivity index (χ1) is 12.6. The number of likely N-dealkylation sites (tertiary alicyclic amines) is 1. The highest BCUT2D eigenvalue weighted by Gasteiger charge is 2.40. The number of aromatic nitrogens is 2. The summed E-state index contributed by atoms with van der Waals surface area (Å²) >= 11 is 0. The van der Waals surface area contributed by atoms with Gasteiger partial charge in [0.05, 0.1) is 11.2 Å². The lowest BCUT2D eigenvalue weighted by Gasteiger charge is -2.22. The lowest BCUT2D eigenvalue weighted by atomic mass is 10.1. The summed E-state index contributed by atoms with van der Waals surface area (Å²) in [4.78, 5) is 7.03. The van der Waals surface area contributed by atoms with Gasteiger partial charge >= 0.3 is 0 Å². The molecule has 0 bridgehead atoms. The van der Waals surface area contributed by atoms with Crippen LogP contribution in [0.15, 0.2) is 29.3 Å². The molecule has 2 fully saturated rings. The molecule has 0 spiro atoms. The largest absolute Gasteiger partial charge is 0.488 e. The Labute approximate surface area is 153 Å². The highest BCUT2D eigenvalue weighted by Crippen LogP contribution is 2.40. The Morgan fingerprint density at radius 2 is 2.19 bits per heavy atom. The molecule has 2 aliphatic heterocycles. The van der Waals surface area contributed by atoms with Crippen molar-refractivity contribution in [2.45, 2.75) is 38.7 Å². The van der Waals surface area contributed by atoms with Gasteiger partial charge < -0.3 is 15.0 Å². The molecule has 3 aliphatic rings. The standard InChI is InChI=1S/C20H25N5O/c1-13-5-8-25(11-13)18-10-17(21-12-22-18)19-15-9-14(26-20(2)6-7-20)3-4-16(15)23-24-19/h3-4,9-10,13,21H,5-8,11-12H2,1-2H3,(H,23,24)/t13-/m0/s1. The van der Waals surface area contributed by atoms with Gasteiger partial charge in [-0.3, -0.25) is 5.10 Å². The number of nitrogens with zero attached hydrogens (tertiary/aromatic N) is 3. The van der Waals surface area contributed by atoms with E-state index in [4.69, 9.17) is 4.74 Å². The van der Waals surface area contributed by atoms with E-state index in [1.165, 1.54) is 6.42 Å². The van der Waals surface area contributed by atoms with E-state index in [2.05, 4.69) is 51.4 Å². The van der Waals surface area contributed by atoms with Gasteiger partial charge in [-0.25, -0.2) is 4.99 Å². The first kappa shape index (κ1) is 15.7. The van der Waals surface area contributed by atoms with Gasteiger partial charge in [-0.2, -0.15) is 5.10 Å². The monoisotopic (exact) mass is 351 g/mol. The van der Waals surface area contributed by atoms with Gasteiger partial charge in [0.2, 0.25) is 0 Å². The maximum absolute atomic E-state index is 6.13. The minimum absolute atomic E-state index is 0.0200. The predicted molar refractivity (Wildman–Crippen MR) is 103 cm³/mol. The van der Waals surface area contributed by atoms with E-state index < -0.39 is 0 Å². The minimum Gasteiger partial charge on any atom is -0.488 e. The second-order valence-electron chi connectivity index (χ2n) is 8.08. The Balaban J connectivity index is 1.47. The van der Waals surface area contributed by atoms with Crippen LogP contribution in [0.4, 0.5) is 0 Å².